The maximum Gasteiger partial charge on any atom is 0.338 e. The van der Waals surface area contributed by atoms with E-state index in [4.69, 9.17) is 18.9 Å². The Balaban J connectivity index is 1.70. The van der Waals surface area contributed by atoms with Gasteiger partial charge >= 0.3 is 23.9 Å². The number of Topliss-reactive ketones (excluding diaryl/α,β-unsaturated/α-hetero) is 1. The number of fused-ring (bicyclic) bond motifs is 2. The molecule has 0 saturated heterocycles. The molecule has 0 fully saturated rings. The van der Waals surface area contributed by atoms with E-state index in [1.54, 1.807) is 37.3 Å². The number of carbonyl (C=O) groups is 6. The summed E-state index contributed by atoms with van der Waals surface area (Å²) in [6.45, 7) is 12.4. The third kappa shape index (κ3) is 6.49. The Morgan fingerprint density at radius 3 is 1.37 bits per heavy atom. The highest BCUT2D eigenvalue weighted by molar-refractivity contribution is 6.37. The summed E-state index contributed by atoms with van der Waals surface area (Å²) >= 11 is 0. The van der Waals surface area contributed by atoms with Crippen molar-refractivity contribution in [2.24, 2.45) is 0 Å². The molecule has 49 heavy (non-hydrogen) atoms. The van der Waals surface area contributed by atoms with Crippen LogP contribution in [0.15, 0.2) is 72.8 Å². The number of ketones is 1. The fraction of sp³-hybridized carbons (Fsp3) is 0.231. The Morgan fingerprint density at radius 2 is 0.959 bits per heavy atom. The summed E-state index contributed by atoms with van der Waals surface area (Å²) in [6.07, 6.45) is 0.834. The molecular formula is C39H34O10. The lowest BCUT2D eigenvalue weighted by molar-refractivity contribution is -0.140. The Hall–Kier alpha value is -5.90. The largest absolute Gasteiger partial charge is 0.459 e. The van der Waals surface area contributed by atoms with Crippen LogP contribution >= 0.6 is 0 Å². The number of esters is 4. The molecule has 5 aromatic carbocycles. The van der Waals surface area contributed by atoms with Crippen molar-refractivity contribution in [1.82, 2.24) is 0 Å². The van der Waals surface area contributed by atoms with E-state index in [2.05, 4.69) is 13.2 Å². The standard InChI is InChI=1S/C39H34O10/c1-20(2)36(42)46-15-17-48-38(44)30-13-11-28-26-9-7-24(22(5)19-40)32-25(23(6)41)8-10-27(33(26)32)29-12-14-31(35(30)34(28)29)39(45)49-18-16-47-37(43)21(3)4/h7-14,19,22H,1,3,15-18H2,2,4-6H3. The molecule has 0 aliphatic carbocycles. The van der Waals surface area contributed by atoms with Gasteiger partial charge < -0.3 is 23.7 Å². The zero-order valence-electron chi connectivity index (χ0n) is 27.6. The molecule has 10 nitrogen and oxygen atoms in total. The Labute approximate surface area is 281 Å². The predicted molar refractivity (Wildman–Crippen MR) is 184 cm³/mol. The Morgan fingerprint density at radius 1 is 0.571 bits per heavy atom. The third-order valence-corrected chi connectivity index (χ3v) is 8.24. The van der Waals surface area contributed by atoms with Crippen molar-refractivity contribution in [3.05, 3.63) is 95.1 Å². The first kappa shape index (κ1) is 34.4. The molecular weight excluding hydrogens is 628 g/mol. The van der Waals surface area contributed by atoms with Crippen LogP contribution in [-0.4, -0.2) is 62.4 Å². The van der Waals surface area contributed by atoms with E-state index in [1.165, 1.54) is 20.8 Å². The van der Waals surface area contributed by atoms with Gasteiger partial charge in [-0.15, -0.1) is 0 Å². The van der Waals surface area contributed by atoms with Crippen molar-refractivity contribution in [2.45, 2.75) is 33.6 Å². The highest BCUT2D eigenvalue weighted by Crippen LogP contribution is 2.45. The molecule has 0 saturated carbocycles. The number of carbonyl (C=O) groups excluding carboxylic acids is 6. The summed E-state index contributed by atoms with van der Waals surface area (Å²) in [7, 11) is 0. The van der Waals surface area contributed by atoms with Crippen molar-refractivity contribution in [3.63, 3.8) is 0 Å². The summed E-state index contributed by atoms with van der Waals surface area (Å²) in [5.41, 5.74) is 1.72. The Kier molecular flexibility index (Phi) is 9.89. The molecule has 1 unspecified atom stereocenters. The summed E-state index contributed by atoms with van der Waals surface area (Å²) < 4.78 is 21.0. The second-order valence-electron chi connectivity index (χ2n) is 11.8. The first-order valence-corrected chi connectivity index (χ1v) is 15.5. The van der Waals surface area contributed by atoms with Crippen LogP contribution in [0.3, 0.4) is 0 Å². The number of ether oxygens (including phenoxy) is 4. The van der Waals surface area contributed by atoms with Crippen LogP contribution in [0.1, 0.15) is 70.3 Å². The average molecular weight is 663 g/mol. The van der Waals surface area contributed by atoms with Crippen molar-refractivity contribution in [2.75, 3.05) is 26.4 Å². The van der Waals surface area contributed by atoms with Crippen LogP contribution in [0.2, 0.25) is 0 Å². The number of hydrogen-bond acceptors (Lipinski definition) is 10. The average Bonchev–Trinajstić information content (AvgIpc) is 3.08. The van der Waals surface area contributed by atoms with E-state index in [9.17, 15) is 28.8 Å². The molecule has 5 rings (SSSR count). The highest BCUT2D eigenvalue weighted by Gasteiger charge is 2.26. The van der Waals surface area contributed by atoms with Gasteiger partial charge in [-0.3, -0.25) is 4.79 Å². The number of benzene rings is 5. The summed E-state index contributed by atoms with van der Waals surface area (Å²) in [4.78, 5) is 75.5. The molecule has 0 aliphatic rings. The van der Waals surface area contributed by atoms with E-state index >= 15 is 0 Å². The van der Waals surface area contributed by atoms with Crippen LogP contribution in [0, 0.1) is 0 Å². The second-order valence-corrected chi connectivity index (χ2v) is 11.8. The molecule has 0 spiro atoms. The van der Waals surface area contributed by atoms with Crippen LogP contribution in [0.4, 0.5) is 0 Å². The summed E-state index contributed by atoms with van der Waals surface area (Å²) in [5, 5.41) is 5.15. The fourth-order valence-electron chi connectivity index (χ4n) is 5.94. The second kappa shape index (κ2) is 14.1. The van der Waals surface area contributed by atoms with Gasteiger partial charge in [-0.2, -0.15) is 0 Å². The van der Waals surface area contributed by atoms with Gasteiger partial charge in [0.25, 0.3) is 0 Å². The SMILES string of the molecule is C=C(C)C(=O)OCCOC(=O)c1ccc2c3ccc(C(C)=O)c4c(C(C)C=O)ccc(c5ccc(C(=O)OCCOC(=O)C(=C)C)c1c25)c43. The molecule has 10 heteroatoms. The zero-order chi connectivity index (χ0) is 35.6. The van der Waals surface area contributed by atoms with E-state index < -0.39 is 29.8 Å². The number of rotatable bonds is 13. The molecule has 0 radical (unpaired) electrons. The van der Waals surface area contributed by atoms with Crippen molar-refractivity contribution >= 4 is 79.0 Å². The zero-order valence-corrected chi connectivity index (χ0v) is 27.6. The maximum atomic E-state index is 13.6. The monoisotopic (exact) mass is 662 g/mol. The van der Waals surface area contributed by atoms with Gasteiger partial charge in [0, 0.05) is 28.0 Å². The van der Waals surface area contributed by atoms with Crippen LogP contribution < -0.4 is 0 Å². The minimum atomic E-state index is -0.766. The van der Waals surface area contributed by atoms with E-state index in [1.807, 2.05) is 18.2 Å². The van der Waals surface area contributed by atoms with Gasteiger partial charge in [-0.05, 0) is 76.2 Å². The molecule has 0 aliphatic heterocycles. The van der Waals surface area contributed by atoms with E-state index in [0.29, 0.717) is 32.7 Å². The van der Waals surface area contributed by atoms with Gasteiger partial charge in [0.15, 0.2) is 5.78 Å². The Bertz CT molecular complexity index is 2120. The summed E-state index contributed by atoms with van der Waals surface area (Å²) in [6, 6.07) is 13.8. The molecule has 0 bridgehead atoms. The first-order chi connectivity index (χ1) is 23.4. The van der Waals surface area contributed by atoms with Crippen LogP contribution in [-0.2, 0) is 33.3 Å². The first-order valence-electron chi connectivity index (χ1n) is 15.5. The van der Waals surface area contributed by atoms with Crippen molar-refractivity contribution in [3.8, 4) is 0 Å². The van der Waals surface area contributed by atoms with Gasteiger partial charge in [0.2, 0.25) is 0 Å². The smallest absolute Gasteiger partial charge is 0.338 e. The minimum Gasteiger partial charge on any atom is -0.459 e. The molecule has 0 amide bonds. The van der Waals surface area contributed by atoms with Gasteiger partial charge in [-0.25, -0.2) is 19.2 Å². The van der Waals surface area contributed by atoms with Gasteiger partial charge in [0.05, 0.1) is 11.1 Å². The fourth-order valence-corrected chi connectivity index (χ4v) is 5.94. The quantitative estimate of drug-likeness (QED) is 0.0193. The topological polar surface area (TPSA) is 139 Å². The predicted octanol–water partition coefficient (Wildman–Crippen LogP) is 6.79. The minimum absolute atomic E-state index is 0.0683. The van der Waals surface area contributed by atoms with E-state index in [0.717, 1.165) is 22.4 Å². The van der Waals surface area contributed by atoms with Crippen molar-refractivity contribution < 1.29 is 47.7 Å². The lowest BCUT2D eigenvalue weighted by Crippen LogP contribution is -2.16. The lowest BCUT2D eigenvalue weighted by atomic mass is 9.82. The molecule has 0 N–H and O–H groups in total. The molecule has 250 valence electrons. The summed E-state index contributed by atoms with van der Waals surface area (Å²) in [5.74, 6) is -3.42. The maximum absolute atomic E-state index is 13.6. The van der Waals surface area contributed by atoms with Gasteiger partial charge in [-0.1, -0.05) is 56.5 Å². The number of aldehydes is 1. The van der Waals surface area contributed by atoms with Crippen molar-refractivity contribution in [1.29, 1.82) is 0 Å². The van der Waals surface area contributed by atoms with E-state index in [-0.39, 0.29) is 59.9 Å². The molecule has 0 aromatic heterocycles. The third-order valence-electron chi connectivity index (χ3n) is 8.24. The molecule has 0 heterocycles. The normalized spacial score (nSPS) is 11.8. The number of hydrogen-bond donors (Lipinski definition) is 0. The lowest BCUT2D eigenvalue weighted by Gasteiger charge is -2.21. The van der Waals surface area contributed by atoms with Crippen LogP contribution in [0.25, 0.3) is 43.1 Å². The van der Waals surface area contributed by atoms with Gasteiger partial charge in [0.1, 0.15) is 32.7 Å². The highest BCUT2D eigenvalue weighted by atomic mass is 16.6. The molecule has 1 atom stereocenters. The molecule has 5 aromatic rings. The van der Waals surface area contributed by atoms with Crippen LogP contribution in [0.5, 0.6) is 0 Å².